The van der Waals surface area contributed by atoms with E-state index >= 15 is 0 Å². The predicted octanol–water partition coefficient (Wildman–Crippen LogP) is 2.93. The molecular weight excluding hydrogens is 254 g/mol. The quantitative estimate of drug-likeness (QED) is 0.893. The smallest absolute Gasteiger partial charge is 0.0702 e. The number of hydrogen-bond acceptors (Lipinski definition) is 2. The van der Waals surface area contributed by atoms with Crippen LogP contribution in [-0.4, -0.2) is 17.7 Å². The van der Waals surface area contributed by atoms with Crippen molar-refractivity contribution < 1.29 is 5.11 Å². The molecule has 0 spiro atoms. The molecule has 0 amide bonds. The molecule has 15 heavy (non-hydrogen) atoms. The van der Waals surface area contributed by atoms with Crippen molar-refractivity contribution in [2.24, 2.45) is 0 Å². The summed E-state index contributed by atoms with van der Waals surface area (Å²) in [4.78, 5) is 2.39. The van der Waals surface area contributed by atoms with Gasteiger partial charge < -0.3 is 10.0 Å². The maximum absolute atomic E-state index is 9.31. The van der Waals surface area contributed by atoms with Crippen molar-refractivity contribution in [3.8, 4) is 0 Å². The van der Waals surface area contributed by atoms with E-state index in [-0.39, 0.29) is 6.61 Å². The molecule has 2 nitrogen and oxygen atoms in total. The largest absolute Gasteiger partial charge is 0.392 e. The fraction of sp³-hybridized carbons (Fsp3) is 0.500. The van der Waals surface area contributed by atoms with Gasteiger partial charge in [-0.15, -0.1) is 0 Å². The number of rotatable bonds is 2. The van der Waals surface area contributed by atoms with Crippen molar-refractivity contribution in [3.63, 3.8) is 0 Å². The van der Waals surface area contributed by atoms with E-state index in [9.17, 15) is 5.11 Å². The Kier molecular flexibility index (Phi) is 3.32. The Balaban J connectivity index is 2.36. The van der Waals surface area contributed by atoms with Crippen LogP contribution in [0.3, 0.4) is 0 Å². The van der Waals surface area contributed by atoms with E-state index in [0.29, 0.717) is 6.04 Å². The Hall–Kier alpha value is -0.540. The number of aliphatic hydroxyl groups excluding tert-OH is 1. The standard InChI is InChI=1S/C12H16BrNO/c1-9-3-2-6-14(9)12-7-11(13)5-4-10(12)8-15/h4-5,7,9,15H,2-3,6,8H2,1H3. The first kappa shape index (κ1) is 11.0. The Bertz CT molecular complexity index is 353. The van der Waals surface area contributed by atoms with Crippen LogP contribution < -0.4 is 4.90 Å². The number of benzene rings is 1. The van der Waals surface area contributed by atoms with Gasteiger partial charge in [0.2, 0.25) is 0 Å². The minimum atomic E-state index is 0.117. The number of anilines is 1. The van der Waals surface area contributed by atoms with Gasteiger partial charge in [0.15, 0.2) is 0 Å². The highest BCUT2D eigenvalue weighted by atomic mass is 79.9. The zero-order valence-electron chi connectivity index (χ0n) is 8.91. The SMILES string of the molecule is CC1CCCN1c1cc(Br)ccc1CO. The van der Waals surface area contributed by atoms with Gasteiger partial charge in [-0.1, -0.05) is 22.0 Å². The third kappa shape index (κ3) is 2.18. The summed E-state index contributed by atoms with van der Waals surface area (Å²) in [6.45, 7) is 3.46. The molecule has 0 radical (unpaired) electrons. The summed E-state index contributed by atoms with van der Waals surface area (Å²) in [6, 6.07) is 6.66. The lowest BCUT2D eigenvalue weighted by atomic mass is 10.1. The third-order valence-electron chi connectivity index (χ3n) is 3.08. The lowest BCUT2D eigenvalue weighted by Gasteiger charge is -2.26. The van der Waals surface area contributed by atoms with Gasteiger partial charge in [0.1, 0.15) is 0 Å². The van der Waals surface area contributed by atoms with Crippen LogP contribution in [0.5, 0.6) is 0 Å². The van der Waals surface area contributed by atoms with Gasteiger partial charge in [-0.2, -0.15) is 0 Å². The van der Waals surface area contributed by atoms with Crippen LogP contribution >= 0.6 is 15.9 Å². The highest BCUT2D eigenvalue weighted by molar-refractivity contribution is 9.10. The average Bonchev–Trinajstić information content (AvgIpc) is 2.64. The van der Waals surface area contributed by atoms with Crippen molar-refractivity contribution in [2.75, 3.05) is 11.4 Å². The highest BCUT2D eigenvalue weighted by Gasteiger charge is 2.22. The second-order valence-corrected chi connectivity index (χ2v) is 5.03. The first-order valence-corrected chi connectivity index (χ1v) is 6.17. The lowest BCUT2D eigenvalue weighted by Crippen LogP contribution is -2.27. The minimum Gasteiger partial charge on any atom is -0.392 e. The summed E-state index contributed by atoms with van der Waals surface area (Å²) in [5.74, 6) is 0. The van der Waals surface area contributed by atoms with Gasteiger partial charge in [0, 0.05) is 28.3 Å². The summed E-state index contributed by atoms with van der Waals surface area (Å²) in [7, 11) is 0. The molecule has 2 rings (SSSR count). The predicted molar refractivity (Wildman–Crippen MR) is 66.1 cm³/mol. The maximum Gasteiger partial charge on any atom is 0.0702 e. The number of aliphatic hydroxyl groups is 1. The topological polar surface area (TPSA) is 23.5 Å². The van der Waals surface area contributed by atoms with Crippen LogP contribution in [0, 0.1) is 0 Å². The first-order chi connectivity index (χ1) is 7.22. The summed E-state index contributed by atoms with van der Waals surface area (Å²) in [5, 5.41) is 9.31. The van der Waals surface area contributed by atoms with E-state index in [2.05, 4.69) is 33.8 Å². The van der Waals surface area contributed by atoms with E-state index in [4.69, 9.17) is 0 Å². The molecule has 1 aromatic carbocycles. The fourth-order valence-corrected chi connectivity index (χ4v) is 2.58. The molecule has 1 unspecified atom stereocenters. The zero-order valence-corrected chi connectivity index (χ0v) is 10.5. The Labute approximate surface area is 99.0 Å². The van der Waals surface area contributed by atoms with Crippen molar-refractivity contribution in [3.05, 3.63) is 28.2 Å². The molecule has 1 atom stereocenters. The zero-order chi connectivity index (χ0) is 10.8. The minimum absolute atomic E-state index is 0.117. The molecule has 1 aliphatic heterocycles. The normalized spacial score (nSPS) is 21.0. The Morgan fingerprint density at radius 3 is 2.93 bits per heavy atom. The van der Waals surface area contributed by atoms with E-state index in [0.717, 1.165) is 16.6 Å². The van der Waals surface area contributed by atoms with Crippen LogP contribution in [-0.2, 0) is 6.61 Å². The fourth-order valence-electron chi connectivity index (χ4n) is 2.23. The summed E-state index contributed by atoms with van der Waals surface area (Å²) >= 11 is 3.48. The van der Waals surface area contributed by atoms with E-state index < -0.39 is 0 Å². The molecule has 1 heterocycles. The molecule has 82 valence electrons. The first-order valence-electron chi connectivity index (χ1n) is 5.38. The van der Waals surface area contributed by atoms with Gasteiger partial charge in [0.25, 0.3) is 0 Å². The number of nitrogens with zero attached hydrogens (tertiary/aromatic N) is 1. The van der Waals surface area contributed by atoms with Gasteiger partial charge in [-0.05, 0) is 31.9 Å². The van der Waals surface area contributed by atoms with Crippen LogP contribution in [0.1, 0.15) is 25.3 Å². The van der Waals surface area contributed by atoms with Gasteiger partial charge in [0.05, 0.1) is 6.61 Å². The molecule has 0 bridgehead atoms. The third-order valence-corrected chi connectivity index (χ3v) is 3.57. The van der Waals surface area contributed by atoms with Crippen LogP contribution in [0.2, 0.25) is 0 Å². The molecule has 1 saturated heterocycles. The second kappa shape index (κ2) is 4.54. The van der Waals surface area contributed by atoms with Crippen LogP contribution in [0.4, 0.5) is 5.69 Å². The van der Waals surface area contributed by atoms with Crippen molar-refractivity contribution in [1.29, 1.82) is 0 Å². The van der Waals surface area contributed by atoms with Gasteiger partial charge in [-0.3, -0.25) is 0 Å². The average molecular weight is 270 g/mol. The van der Waals surface area contributed by atoms with Crippen LogP contribution in [0.25, 0.3) is 0 Å². The molecule has 0 aromatic heterocycles. The van der Waals surface area contributed by atoms with Gasteiger partial charge >= 0.3 is 0 Å². The van der Waals surface area contributed by atoms with Crippen molar-refractivity contribution in [2.45, 2.75) is 32.4 Å². The van der Waals surface area contributed by atoms with E-state index in [1.54, 1.807) is 0 Å². The molecule has 1 N–H and O–H groups in total. The summed E-state index contributed by atoms with van der Waals surface area (Å²) in [6.07, 6.45) is 2.50. The molecule has 0 aliphatic carbocycles. The van der Waals surface area contributed by atoms with Crippen molar-refractivity contribution in [1.82, 2.24) is 0 Å². The molecule has 1 aliphatic rings. The van der Waals surface area contributed by atoms with E-state index in [1.807, 2.05) is 12.1 Å². The molecule has 0 saturated carbocycles. The highest BCUT2D eigenvalue weighted by Crippen LogP contribution is 2.31. The number of halogens is 1. The second-order valence-electron chi connectivity index (χ2n) is 4.12. The lowest BCUT2D eigenvalue weighted by molar-refractivity contribution is 0.282. The molecular formula is C12H16BrNO. The molecule has 1 fully saturated rings. The van der Waals surface area contributed by atoms with E-state index in [1.165, 1.54) is 18.5 Å². The Morgan fingerprint density at radius 1 is 1.53 bits per heavy atom. The van der Waals surface area contributed by atoms with Crippen molar-refractivity contribution >= 4 is 21.6 Å². The molecule has 3 heteroatoms. The number of hydrogen-bond donors (Lipinski definition) is 1. The van der Waals surface area contributed by atoms with Crippen LogP contribution in [0.15, 0.2) is 22.7 Å². The summed E-state index contributed by atoms with van der Waals surface area (Å²) < 4.78 is 1.08. The van der Waals surface area contributed by atoms with Gasteiger partial charge in [-0.25, -0.2) is 0 Å². The maximum atomic E-state index is 9.31. The Morgan fingerprint density at radius 2 is 2.33 bits per heavy atom. The monoisotopic (exact) mass is 269 g/mol. The summed E-state index contributed by atoms with van der Waals surface area (Å²) in [5.41, 5.74) is 2.20. The molecule has 1 aromatic rings.